The molecular weight excluding hydrogens is 338 g/mol. The van der Waals surface area contributed by atoms with Gasteiger partial charge in [-0.15, -0.1) is 0 Å². The second-order valence-corrected chi connectivity index (χ2v) is 6.92. The molecule has 0 radical (unpaired) electrons. The number of carbonyl (C=O) groups excluding carboxylic acids is 1. The minimum Gasteiger partial charge on any atom is -0.497 e. The molecule has 5 nitrogen and oxygen atoms in total. The van der Waals surface area contributed by atoms with Crippen molar-refractivity contribution in [3.8, 4) is 5.75 Å². The van der Waals surface area contributed by atoms with Gasteiger partial charge in [0.2, 0.25) is 5.91 Å². The summed E-state index contributed by atoms with van der Waals surface area (Å²) in [6, 6.07) is 16.3. The zero-order valence-corrected chi connectivity index (χ0v) is 16.3. The first kappa shape index (κ1) is 19.2. The Morgan fingerprint density at radius 3 is 2.63 bits per heavy atom. The Balaban J connectivity index is 1.52. The Morgan fingerprint density at radius 2 is 1.89 bits per heavy atom. The Hall–Kier alpha value is -2.53. The number of hydrogen-bond donors (Lipinski definition) is 1. The molecule has 1 aliphatic rings. The molecule has 0 saturated carbocycles. The normalized spacial score (nSPS) is 15.3. The van der Waals surface area contributed by atoms with E-state index in [2.05, 4.69) is 40.2 Å². The summed E-state index contributed by atoms with van der Waals surface area (Å²) in [5.74, 6) is 0.931. The fourth-order valence-corrected chi connectivity index (χ4v) is 3.45. The molecular formula is C22H29N3O2. The van der Waals surface area contributed by atoms with E-state index in [0.717, 1.165) is 50.5 Å². The zero-order chi connectivity index (χ0) is 19.1. The van der Waals surface area contributed by atoms with Gasteiger partial charge in [-0.25, -0.2) is 0 Å². The van der Waals surface area contributed by atoms with Crippen LogP contribution in [-0.4, -0.2) is 50.6 Å². The molecule has 1 saturated heterocycles. The first-order chi connectivity index (χ1) is 13.2. The van der Waals surface area contributed by atoms with E-state index in [1.54, 1.807) is 7.11 Å². The predicted octanol–water partition coefficient (Wildman–Crippen LogP) is 3.41. The predicted molar refractivity (Wildman–Crippen MR) is 111 cm³/mol. The van der Waals surface area contributed by atoms with Crippen LogP contribution in [-0.2, 0) is 11.2 Å². The average molecular weight is 367 g/mol. The van der Waals surface area contributed by atoms with E-state index >= 15 is 0 Å². The van der Waals surface area contributed by atoms with Crippen molar-refractivity contribution in [3.63, 3.8) is 0 Å². The number of benzene rings is 2. The third-order valence-corrected chi connectivity index (χ3v) is 5.01. The molecule has 0 atom stereocenters. The summed E-state index contributed by atoms with van der Waals surface area (Å²) in [5.41, 5.74) is 3.32. The molecule has 0 bridgehead atoms. The van der Waals surface area contributed by atoms with Crippen LogP contribution < -0.4 is 15.0 Å². The van der Waals surface area contributed by atoms with Gasteiger partial charge in [-0.3, -0.25) is 9.69 Å². The van der Waals surface area contributed by atoms with E-state index in [0.29, 0.717) is 6.54 Å². The SMILES string of the molecule is CCc1cccc(NC(=O)CN2CCCN(c3ccc(OC)cc3)CC2)c1. The van der Waals surface area contributed by atoms with E-state index in [-0.39, 0.29) is 5.91 Å². The summed E-state index contributed by atoms with van der Waals surface area (Å²) in [4.78, 5) is 17.0. The van der Waals surface area contributed by atoms with Gasteiger partial charge < -0.3 is 15.0 Å². The maximum absolute atomic E-state index is 12.4. The van der Waals surface area contributed by atoms with Crippen LogP contribution in [0.1, 0.15) is 18.9 Å². The first-order valence-corrected chi connectivity index (χ1v) is 9.68. The lowest BCUT2D eigenvalue weighted by atomic mass is 10.1. The summed E-state index contributed by atoms with van der Waals surface area (Å²) in [6.45, 7) is 6.30. The Bertz CT molecular complexity index is 745. The number of anilines is 2. The maximum atomic E-state index is 12.4. The van der Waals surface area contributed by atoms with Crippen LogP contribution in [0, 0.1) is 0 Å². The third-order valence-electron chi connectivity index (χ3n) is 5.01. The largest absolute Gasteiger partial charge is 0.497 e. The van der Waals surface area contributed by atoms with Gasteiger partial charge in [-0.1, -0.05) is 19.1 Å². The molecule has 2 aromatic carbocycles. The second kappa shape index (κ2) is 9.42. The van der Waals surface area contributed by atoms with Crippen LogP contribution in [0.25, 0.3) is 0 Å². The number of ether oxygens (including phenoxy) is 1. The number of nitrogens with zero attached hydrogens (tertiary/aromatic N) is 2. The molecule has 1 amide bonds. The first-order valence-electron chi connectivity index (χ1n) is 9.68. The van der Waals surface area contributed by atoms with E-state index in [1.165, 1.54) is 11.3 Å². The van der Waals surface area contributed by atoms with Crippen molar-refractivity contribution in [2.24, 2.45) is 0 Å². The maximum Gasteiger partial charge on any atom is 0.238 e. The lowest BCUT2D eigenvalue weighted by Gasteiger charge is -2.23. The minimum absolute atomic E-state index is 0.0566. The number of hydrogen-bond acceptors (Lipinski definition) is 4. The number of aryl methyl sites for hydroxylation is 1. The van der Waals surface area contributed by atoms with Crippen molar-refractivity contribution in [1.29, 1.82) is 0 Å². The van der Waals surface area contributed by atoms with E-state index < -0.39 is 0 Å². The second-order valence-electron chi connectivity index (χ2n) is 6.92. The van der Waals surface area contributed by atoms with Crippen LogP contribution in [0.5, 0.6) is 5.75 Å². The molecule has 1 N–H and O–H groups in total. The third kappa shape index (κ3) is 5.47. The highest BCUT2D eigenvalue weighted by Crippen LogP contribution is 2.20. The van der Waals surface area contributed by atoms with Gasteiger partial charge >= 0.3 is 0 Å². The number of nitrogens with one attached hydrogen (secondary N) is 1. The molecule has 2 aromatic rings. The highest BCUT2D eigenvalue weighted by atomic mass is 16.5. The molecule has 1 heterocycles. The number of amides is 1. The standard InChI is InChI=1S/C22H29N3O2/c1-3-18-6-4-7-19(16-18)23-22(26)17-24-12-5-13-25(15-14-24)20-8-10-21(27-2)11-9-20/h4,6-11,16H,3,5,12-15,17H2,1-2H3,(H,23,26). The van der Waals surface area contributed by atoms with Crippen LogP contribution in [0.3, 0.4) is 0 Å². The molecule has 0 aliphatic carbocycles. The summed E-state index contributed by atoms with van der Waals surface area (Å²) < 4.78 is 5.23. The Kier molecular flexibility index (Phi) is 6.71. The minimum atomic E-state index is 0.0566. The fraction of sp³-hybridized carbons (Fsp3) is 0.409. The van der Waals surface area contributed by atoms with Gasteiger partial charge in [0, 0.05) is 37.6 Å². The highest BCUT2D eigenvalue weighted by molar-refractivity contribution is 5.92. The van der Waals surface area contributed by atoms with E-state index in [9.17, 15) is 4.79 Å². The van der Waals surface area contributed by atoms with Crippen LogP contribution in [0.4, 0.5) is 11.4 Å². The molecule has 1 aliphatic heterocycles. The number of carbonyl (C=O) groups is 1. The summed E-state index contributed by atoms with van der Waals surface area (Å²) >= 11 is 0. The van der Waals surface area contributed by atoms with Gasteiger partial charge in [0.15, 0.2) is 0 Å². The fourth-order valence-electron chi connectivity index (χ4n) is 3.45. The van der Waals surface area contributed by atoms with Crippen molar-refractivity contribution < 1.29 is 9.53 Å². The number of rotatable bonds is 6. The van der Waals surface area contributed by atoms with Crippen molar-refractivity contribution in [3.05, 3.63) is 54.1 Å². The van der Waals surface area contributed by atoms with Crippen molar-refractivity contribution in [2.75, 3.05) is 50.1 Å². The summed E-state index contributed by atoms with van der Waals surface area (Å²) in [5, 5.41) is 3.03. The molecule has 144 valence electrons. The van der Waals surface area contributed by atoms with E-state index in [4.69, 9.17) is 4.74 Å². The van der Waals surface area contributed by atoms with Gasteiger partial charge in [0.1, 0.15) is 5.75 Å². The van der Waals surface area contributed by atoms with E-state index in [1.807, 2.05) is 30.3 Å². The molecule has 0 spiro atoms. The quantitative estimate of drug-likeness (QED) is 0.850. The zero-order valence-electron chi connectivity index (χ0n) is 16.3. The van der Waals surface area contributed by atoms with Crippen LogP contribution in [0.2, 0.25) is 0 Å². The van der Waals surface area contributed by atoms with Gasteiger partial charge in [-0.2, -0.15) is 0 Å². The average Bonchev–Trinajstić information content (AvgIpc) is 2.93. The monoisotopic (exact) mass is 367 g/mol. The molecule has 27 heavy (non-hydrogen) atoms. The molecule has 1 fully saturated rings. The Morgan fingerprint density at radius 1 is 1.07 bits per heavy atom. The number of methoxy groups -OCH3 is 1. The van der Waals surface area contributed by atoms with Crippen molar-refractivity contribution >= 4 is 17.3 Å². The summed E-state index contributed by atoms with van der Waals surface area (Å²) in [6.07, 6.45) is 2.02. The van der Waals surface area contributed by atoms with Crippen molar-refractivity contribution in [1.82, 2.24) is 4.90 Å². The lowest BCUT2D eigenvalue weighted by molar-refractivity contribution is -0.117. The summed E-state index contributed by atoms with van der Waals surface area (Å²) in [7, 11) is 1.68. The van der Waals surface area contributed by atoms with Gasteiger partial charge in [-0.05, 0) is 54.8 Å². The van der Waals surface area contributed by atoms with Crippen LogP contribution in [0.15, 0.2) is 48.5 Å². The molecule has 5 heteroatoms. The van der Waals surface area contributed by atoms with Crippen LogP contribution >= 0.6 is 0 Å². The molecule has 0 aromatic heterocycles. The Labute approximate surface area is 161 Å². The highest BCUT2D eigenvalue weighted by Gasteiger charge is 2.17. The van der Waals surface area contributed by atoms with Gasteiger partial charge in [0.25, 0.3) is 0 Å². The molecule has 0 unspecified atom stereocenters. The van der Waals surface area contributed by atoms with Gasteiger partial charge in [0.05, 0.1) is 13.7 Å². The molecule has 3 rings (SSSR count). The topological polar surface area (TPSA) is 44.8 Å². The smallest absolute Gasteiger partial charge is 0.238 e. The lowest BCUT2D eigenvalue weighted by Crippen LogP contribution is -2.36. The van der Waals surface area contributed by atoms with Crippen molar-refractivity contribution in [2.45, 2.75) is 19.8 Å².